The lowest BCUT2D eigenvalue weighted by Crippen LogP contribution is -2.12. The zero-order valence-electron chi connectivity index (χ0n) is 13.4. The first-order valence-corrected chi connectivity index (χ1v) is 8.43. The Morgan fingerprint density at radius 2 is 1.83 bits per heavy atom. The van der Waals surface area contributed by atoms with Crippen molar-refractivity contribution in [1.82, 2.24) is 0 Å². The molecule has 0 unspecified atom stereocenters. The van der Waals surface area contributed by atoms with E-state index in [0.717, 1.165) is 23.1 Å². The summed E-state index contributed by atoms with van der Waals surface area (Å²) < 4.78 is 13.8. The first-order chi connectivity index (χ1) is 11.5. The molecule has 0 amide bonds. The molecule has 0 radical (unpaired) electrons. The second-order valence-electron chi connectivity index (χ2n) is 5.95. The summed E-state index contributed by atoms with van der Waals surface area (Å²) in [5.41, 5.74) is 3.62. The number of benzene rings is 2. The van der Waals surface area contributed by atoms with Crippen molar-refractivity contribution in [1.29, 1.82) is 0 Å². The third-order valence-electron chi connectivity index (χ3n) is 4.40. The monoisotopic (exact) mass is 344 g/mol. The van der Waals surface area contributed by atoms with Gasteiger partial charge in [0.1, 0.15) is 11.6 Å². The molecular weight excluding hydrogens is 327 g/mol. The zero-order chi connectivity index (χ0) is 17.3. The Labute approximate surface area is 145 Å². The average molecular weight is 345 g/mol. The van der Waals surface area contributed by atoms with Crippen LogP contribution in [-0.4, -0.2) is 10.9 Å². The SMILES string of the molecule is CCc1ccc(-c2ccc(Cl)c(F)c2)cc1C1=C(O)CCCC1=O. The number of aliphatic hydroxyl groups excluding tert-OH is 1. The molecule has 0 saturated heterocycles. The van der Waals surface area contributed by atoms with Crippen molar-refractivity contribution < 1.29 is 14.3 Å². The van der Waals surface area contributed by atoms with E-state index < -0.39 is 5.82 Å². The second-order valence-corrected chi connectivity index (χ2v) is 6.36. The topological polar surface area (TPSA) is 37.3 Å². The predicted molar refractivity (Wildman–Crippen MR) is 94.6 cm³/mol. The highest BCUT2D eigenvalue weighted by molar-refractivity contribution is 6.30. The van der Waals surface area contributed by atoms with E-state index in [1.54, 1.807) is 6.07 Å². The van der Waals surface area contributed by atoms with Crippen LogP contribution in [0, 0.1) is 5.82 Å². The van der Waals surface area contributed by atoms with Crippen LogP contribution >= 0.6 is 11.6 Å². The molecule has 24 heavy (non-hydrogen) atoms. The summed E-state index contributed by atoms with van der Waals surface area (Å²) in [5.74, 6) is -0.362. The van der Waals surface area contributed by atoms with Crippen LogP contribution < -0.4 is 0 Å². The maximum atomic E-state index is 13.8. The third-order valence-corrected chi connectivity index (χ3v) is 4.70. The van der Waals surface area contributed by atoms with E-state index in [0.29, 0.717) is 30.4 Å². The van der Waals surface area contributed by atoms with Gasteiger partial charge in [0.25, 0.3) is 0 Å². The predicted octanol–water partition coefficient (Wildman–Crippen LogP) is 5.73. The molecule has 4 heteroatoms. The maximum absolute atomic E-state index is 13.8. The summed E-state index contributed by atoms with van der Waals surface area (Å²) in [6.45, 7) is 2.01. The van der Waals surface area contributed by atoms with E-state index >= 15 is 0 Å². The van der Waals surface area contributed by atoms with E-state index in [-0.39, 0.29) is 16.6 Å². The molecule has 2 aromatic rings. The minimum Gasteiger partial charge on any atom is -0.512 e. The number of hydrogen-bond donors (Lipinski definition) is 1. The number of rotatable bonds is 3. The van der Waals surface area contributed by atoms with Crippen LogP contribution in [0.5, 0.6) is 0 Å². The molecule has 1 N–H and O–H groups in total. The van der Waals surface area contributed by atoms with Gasteiger partial charge in [-0.25, -0.2) is 4.39 Å². The Balaban J connectivity index is 2.15. The van der Waals surface area contributed by atoms with Crippen LogP contribution in [0.4, 0.5) is 4.39 Å². The van der Waals surface area contributed by atoms with E-state index in [1.165, 1.54) is 12.1 Å². The summed E-state index contributed by atoms with van der Waals surface area (Å²) in [5, 5.41) is 10.3. The van der Waals surface area contributed by atoms with Gasteiger partial charge in [0.2, 0.25) is 0 Å². The van der Waals surface area contributed by atoms with E-state index in [2.05, 4.69) is 0 Å². The molecule has 2 nitrogen and oxygen atoms in total. The second kappa shape index (κ2) is 6.78. The quantitative estimate of drug-likeness (QED) is 0.771. The van der Waals surface area contributed by atoms with Gasteiger partial charge in [-0.3, -0.25) is 4.79 Å². The normalized spacial score (nSPS) is 15.0. The molecule has 1 aliphatic rings. The summed E-state index contributed by atoms with van der Waals surface area (Å²) in [6, 6.07) is 10.3. The smallest absolute Gasteiger partial charge is 0.166 e. The fourth-order valence-corrected chi connectivity index (χ4v) is 3.22. The van der Waals surface area contributed by atoms with E-state index in [9.17, 15) is 14.3 Å². The Morgan fingerprint density at radius 3 is 2.50 bits per heavy atom. The van der Waals surface area contributed by atoms with Crippen LogP contribution in [0.15, 0.2) is 42.2 Å². The lowest BCUT2D eigenvalue weighted by Gasteiger charge is -2.19. The molecule has 0 fully saturated rings. The highest BCUT2D eigenvalue weighted by Gasteiger charge is 2.24. The number of allylic oxidation sites excluding steroid dienone is 2. The van der Waals surface area contributed by atoms with E-state index in [4.69, 9.17) is 11.6 Å². The van der Waals surface area contributed by atoms with Gasteiger partial charge < -0.3 is 5.11 Å². The molecule has 124 valence electrons. The number of ketones is 1. The minimum atomic E-state index is -0.480. The highest BCUT2D eigenvalue weighted by atomic mass is 35.5. The van der Waals surface area contributed by atoms with Crippen molar-refractivity contribution in [2.45, 2.75) is 32.6 Å². The number of carbonyl (C=O) groups is 1. The van der Waals surface area contributed by atoms with Gasteiger partial charge in [-0.1, -0.05) is 36.7 Å². The third kappa shape index (κ3) is 3.09. The molecule has 2 aromatic carbocycles. The average Bonchev–Trinajstić information content (AvgIpc) is 2.57. The largest absolute Gasteiger partial charge is 0.512 e. The highest BCUT2D eigenvalue weighted by Crippen LogP contribution is 2.34. The van der Waals surface area contributed by atoms with Crippen LogP contribution in [0.3, 0.4) is 0 Å². The lowest BCUT2D eigenvalue weighted by molar-refractivity contribution is -0.114. The van der Waals surface area contributed by atoms with Crippen molar-refractivity contribution in [2.75, 3.05) is 0 Å². The molecule has 0 heterocycles. The van der Waals surface area contributed by atoms with Gasteiger partial charge in [0.15, 0.2) is 5.78 Å². The molecule has 1 aliphatic carbocycles. The van der Waals surface area contributed by atoms with Crippen molar-refractivity contribution >= 4 is 23.0 Å². The Bertz CT molecular complexity index is 840. The summed E-state index contributed by atoms with van der Waals surface area (Å²) in [6.07, 6.45) is 2.39. The van der Waals surface area contributed by atoms with Gasteiger partial charge in [0.05, 0.1) is 10.6 Å². The molecule has 0 atom stereocenters. The molecular formula is C20H18ClFO2. The van der Waals surface area contributed by atoms with Crippen LogP contribution in [0.1, 0.15) is 37.3 Å². The molecule has 0 aromatic heterocycles. The van der Waals surface area contributed by atoms with Crippen molar-refractivity contribution in [2.24, 2.45) is 0 Å². The van der Waals surface area contributed by atoms with Crippen molar-refractivity contribution in [3.63, 3.8) is 0 Å². The van der Waals surface area contributed by atoms with Crippen molar-refractivity contribution in [3.8, 4) is 11.1 Å². The van der Waals surface area contributed by atoms with Crippen LogP contribution in [-0.2, 0) is 11.2 Å². The Kier molecular flexibility index (Phi) is 4.72. The number of aliphatic hydroxyl groups is 1. The van der Waals surface area contributed by atoms with Gasteiger partial charge in [-0.2, -0.15) is 0 Å². The Morgan fingerprint density at radius 1 is 1.12 bits per heavy atom. The van der Waals surface area contributed by atoms with Crippen LogP contribution in [0.25, 0.3) is 16.7 Å². The maximum Gasteiger partial charge on any atom is 0.166 e. The number of aryl methyl sites for hydroxylation is 1. The van der Waals surface area contributed by atoms with Gasteiger partial charge >= 0.3 is 0 Å². The number of halogens is 2. The number of hydrogen-bond acceptors (Lipinski definition) is 2. The summed E-state index contributed by atoms with van der Waals surface area (Å²) in [4.78, 5) is 12.3. The van der Waals surface area contributed by atoms with Crippen molar-refractivity contribution in [3.05, 3.63) is 64.1 Å². The summed E-state index contributed by atoms with van der Waals surface area (Å²) >= 11 is 5.75. The first kappa shape index (κ1) is 16.7. The summed E-state index contributed by atoms with van der Waals surface area (Å²) in [7, 11) is 0. The lowest BCUT2D eigenvalue weighted by atomic mass is 9.86. The van der Waals surface area contributed by atoms with E-state index in [1.807, 2.05) is 25.1 Å². The first-order valence-electron chi connectivity index (χ1n) is 8.05. The van der Waals surface area contributed by atoms with Gasteiger partial charge in [0, 0.05) is 12.8 Å². The van der Waals surface area contributed by atoms with Gasteiger partial charge in [-0.15, -0.1) is 0 Å². The minimum absolute atomic E-state index is 0.0344. The zero-order valence-corrected chi connectivity index (χ0v) is 14.2. The molecule has 3 rings (SSSR count). The molecule has 0 aliphatic heterocycles. The Hall–Kier alpha value is -2.13. The molecule has 0 bridgehead atoms. The molecule has 0 spiro atoms. The number of carbonyl (C=O) groups excluding carboxylic acids is 1. The standard InChI is InChI=1S/C20H18ClFO2/c1-2-12-6-7-13(14-8-9-16(21)17(22)11-14)10-15(12)20-18(23)4-3-5-19(20)24/h6-11,23H,2-5H2,1H3. The van der Waals surface area contributed by atoms with Crippen LogP contribution in [0.2, 0.25) is 5.02 Å². The number of Topliss-reactive ketones (excluding diaryl/α,β-unsaturated/α-hetero) is 1. The fourth-order valence-electron chi connectivity index (χ4n) is 3.11. The van der Waals surface area contributed by atoms with Gasteiger partial charge in [-0.05, 0) is 53.3 Å². The fraction of sp³-hybridized carbons (Fsp3) is 0.250. The molecule has 0 saturated carbocycles.